The van der Waals surface area contributed by atoms with Gasteiger partial charge in [0.05, 0.1) is 19.3 Å². The molecule has 5 heteroatoms. The minimum absolute atomic E-state index is 0.0223. The minimum atomic E-state index is -0.107. The summed E-state index contributed by atoms with van der Waals surface area (Å²) in [6.07, 6.45) is 0. The van der Waals surface area contributed by atoms with Gasteiger partial charge < -0.3 is 14.8 Å². The fraction of sp³-hybridized carbons (Fsp3) is 0.409. The van der Waals surface area contributed by atoms with Crippen LogP contribution < -0.4 is 10.1 Å². The fourth-order valence-electron chi connectivity index (χ4n) is 3.39. The van der Waals surface area contributed by atoms with Gasteiger partial charge in [-0.25, -0.2) is 0 Å². The largest absolute Gasteiger partial charge is 0.484 e. The molecule has 1 unspecified atom stereocenters. The second kappa shape index (κ2) is 9.53. The molecule has 1 aliphatic rings. The van der Waals surface area contributed by atoms with Gasteiger partial charge in [-0.3, -0.25) is 9.69 Å². The van der Waals surface area contributed by atoms with Crippen LogP contribution in [0.2, 0.25) is 0 Å². The van der Waals surface area contributed by atoms with E-state index in [1.54, 1.807) is 0 Å². The van der Waals surface area contributed by atoms with Gasteiger partial charge in [-0.2, -0.15) is 0 Å². The van der Waals surface area contributed by atoms with Crippen molar-refractivity contribution in [1.29, 1.82) is 0 Å². The molecule has 2 aromatic carbocycles. The van der Waals surface area contributed by atoms with E-state index in [1.165, 1.54) is 11.1 Å². The van der Waals surface area contributed by atoms with Crippen molar-refractivity contribution in [3.63, 3.8) is 0 Å². The van der Waals surface area contributed by atoms with Crippen LogP contribution in [0.25, 0.3) is 0 Å². The summed E-state index contributed by atoms with van der Waals surface area (Å²) >= 11 is 0. The summed E-state index contributed by atoms with van der Waals surface area (Å²) < 4.78 is 11.2. The Morgan fingerprint density at radius 3 is 2.59 bits per heavy atom. The highest BCUT2D eigenvalue weighted by Crippen LogP contribution is 2.21. The van der Waals surface area contributed by atoms with E-state index in [2.05, 4.69) is 28.4 Å². The highest BCUT2D eigenvalue weighted by atomic mass is 16.5. The Bertz CT molecular complexity index is 742. The minimum Gasteiger partial charge on any atom is -0.484 e. The quantitative estimate of drug-likeness (QED) is 0.817. The Kier molecular flexibility index (Phi) is 6.85. The van der Waals surface area contributed by atoms with Gasteiger partial charge in [0.1, 0.15) is 5.75 Å². The molecule has 1 fully saturated rings. The third-order valence-corrected chi connectivity index (χ3v) is 4.85. The molecule has 0 aromatic heterocycles. The van der Waals surface area contributed by atoms with E-state index >= 15 is 0 Å². The number of rotatable bonds is 7. The second-order valence-electron chi connectivity index (χ2n) is 6.94. The molecule has 0 aliphatic carbocycles. The molecule has 1 aliphatic heterocycles. The summed E-state index contributed by atoms with van der Waals surface area (Å²) in [7, 11) is 0. The van der Waals surface area contributed by atoms with Gasteiger partial charge in [-0.1, -0.05) is 48.0 Å². The van der Waals surface area contributed by atoms with Crippen LogP contribution in [0.3, 0.4) is 0 Å². The van der Waals surface area contributed by atoms with E-state index < -0.39 is 0 Å². The van der Waals surface area contributed by atoms with Crippen molar-refractivity contribution in [2.45, 2.75) is 19.9 Å². The molecular weight excluding hydrogens is 340 g/mol. The van der Waals surface area contributed by atoms with E-state index in [0.29, 0.717) is 6.54 Å². The number of morpholine rings is 1. The number of hydrogen-bond acceptors (Lipinski definition) is 4. The van der Waals surface area contributed by atoms with E-state index in [1.807, 2.05) is 44.2 Å². The first-order chi connectivity index (χ1) is 13.1. The van der Waals surface area contributed by atoms with Gasteiger partial charge in [0.15, 0.2) is 6.61 Å². The highest BCUT2D eigenvalue weighted by Gasteiger charge is 2.23. The van der Waals surface area contributed by atoms with Gasteiger partial charge in [0, 0.05) is 19.6 Å². The van der Waals surface area contributed by atoms with Crippen LogP contribution in [0.1, 0.15) is 22.7 Å². The van der Waals surface area contributed by atoms with Crippen LogP contribution >= 0.6 is 0 Å². The second-order valence-corrected chi connectivity index (χ2v) is 6.94. The Morgan fingerprint density at radius 1 is 1.15 bits per heavy atom. The lowest BCUT2D eigenvalue weighted by molar-refractivity contribution is -0.123. The van der Waals surface area contributed by atoms with Gasteiger partial charge in [0.2, 0.25) is 0 Å². The predicted molar refractivity (Wildman–Crippen MR) is 106 cm³/mol. The monoisotopic (exact) mass is 368 g/mol. The van der Waals surface area contributed by atoms with Crippen molar-refractivity contribution in [3.05, 3.63) is 65.2 Å². The zero-order valence-corrected chi connectivity index (χ0v) is 16.1. The molecule has 0 spiro atoms. The molecule has 1 heterocycles. The van der Waals surface area contributed by atoms with E-state index in [0.717, 1.165) is 37.6 Å². The van der Waals surface area contributed by atoms with Crippen LogP contribution in [0.4, 0.5) is 0 Å². The molecule has 1 N–H and O–H groups in total. The lowest BCUT2D eigenvalue weighted by Gasteiger charge is -2.34. The number of hydrogen-bond donors (Lipinski definition) is 1. The lowest BCUT2D eigenvalue weighted by Crippen LogP contribution is -2.44. The smallest absolute Gasteiger partial charge is 0.258 e. The molecule has 27 heavy (non-hydrogen) atoms. The SMILES string of the molecule is Cc1ccc(OCC(=O)NCC(c2ccccc2)N2CCOCC2)c(C)c1. The van der Waals surface area contributed by atoms with Gasteiger partial charge >= 0.3 is 0 Å². The van der Waals surface area contributed by atoms with E-state index in [-0.39, 0.29) is 18.6 Å². The maximum absolute atomic E-state index is 12.3. The van der Waals surface area contributed by atoms with Crippen molar-refractivity contribution in [2.24, 2.45) is 0 Å². The average molecular weight is 368 g/mol. The van der Waals surface area contributed by atoms with E-state index in [9.17, 15) is 4.79 Å². The molecule has 2 aromatic rings. The number of carbonyl (C=O) groups is 1. The number of aryl methyl sites for hydroxylation is 2. The van der Waals surface area contributed by atoms with Crippen LogP contribution in [-0.2, 0) is 9.53 Å². The molecule has 144 valence electrons. The molecule has 1 amide bonds. The van der Waals surface area contributed by atoms with Crippen molar-refractivity contribution in [3.8, 4) is 5.75 Å². The summed E-state index contributed by atoms with van der Waals surface area (Å²) in [5.74, 6) is 0.646. The number of amides is 1. The van der Waals surface area contributed by atoms with Gasteiger partial charge in [-0.05, 0) is 31.0 Å². The number of carbonyl (C=O) groups excluding carboxylic acids is 1. The summed E-state index contributed by atoms with van der Waals surface area (Å²) in [5, 5.41) is 3.03. The maximum Gasteiger partial charge on any atom is 0.258 e. The number of nitrogens with zero attached hydrogens (tertiary/aromatic N) is 1. The first-order valence-electron chi connectivity index (χ1n) is 9.47. The molecule has 3 rings (SSSR count). The fourth-order valence-corrected chi connectivity index (χ4v) is 3.39. The first kappa shape index (κ1) is 19.4. The lowest BCUT2D eigenvalue weighted by atomic mass is 10.0. The Hall–Kier alpha value is -2.37. The zero-order chi connectivity index (χ0) is 19.1. The standard InChI is InChI=1S/C22H28N2O3/c1-17-8-9-21(18(2)14-17)27-16-22(25)23-15-20(19-6-4-3-5-7-19)24-10-12-26-13-11-24/h3-9,14,20H,10-13,15-16H2,1-2H3,(H,23,25). The molecule has 0 bridgehead atoms. The number of ether oxygens (including phenoxy) is 2. The molecule has 0 saturated carbocycles. The highest BCUT2D eigenvalue weighted by molar-refractivity contribution is 5.77. The molecule has 0 radical (unpaired) electrons. The van der Waals surface area contributed by atoms with Crippen LogP contribution in [0, 0.1) is 13.8 Å². The van der Waals surface area contributed by atoms with Crippen molar-refractivity contribution in [2.75, 3.05) is 39.5 Å². The predicted octanol–water partition coefficient (Wildman–Crippen LogP) is 2.87. The third kappa shape index (κ3) is 5.55. The van der Waals surface area contributed by atoms with E-state index in [4.69, 9.17) is 9.47 Å². The average Bonchev–Trinajstić information content (AvgIpc) is 2.69. The molecular formula is C22H28N2O3. The number of nitrogens with one attached hydrogen (secondary N) is 1. The maximum atomic E-state index is 12.3. The zero-order valence-electron chi connectivity index (χ0n) is 16.1. The summed E-state index contributed by atoms with van der Waals surface area (Å²) in [4.78, 5) is 14.7. The van der Waals surface area contributed by atoms with Crippen molar-refractivity contribution < 1.29 is 14.3 Å². The summed E-state index contributed by atoms with van der Waals surface area (Å²) in [6.45, 7) is 7.81. The number of benzene rings is 2. The Labute approximate surface area is 161 Å². The van der Waals surface area contributed by atoms with Crippen LogP contribution in [-0.4, -0.2) is 50.3 Å². The topological polar surface area (TPSA) is 50.8 Å². The normalized spacial score (nSPS) is 15.9. The van der Waals surface area contributed by atoms with Crippen LogP contribution in [0.15, 0.2) is 48.5 Å². The van der Waals surface area contributed by atoms with Crippen molar-refractivity contribution >= 4 is 5.91 Å². The summed E-state index contributed by atoms with van der Waals surface area (Å²) in [5.41, 5.74) is 3.42. The molecule has 1 atom stereocenters. The third-order valence-electron chi connectivity index (χ3n) is 4.85. The van der Waals surface area contributed by atoms with Gasteiger partial charge in [0.25, 0.3) is 5.91 Å². The Morgan fingerprint density at radius 2 is 1.89 bits per heavy atom. The Balaban J connectivity index is 1.56. The summed E-state index contributed by atoms with van der Waals surface area (Å²) in [6, 6.07) is 16.4. The van der Waals surface area contributed by atoms with Crippen LogP contribution in [0.5, 0.6) is 5.75 Å². The molecule has 1 saturated heterocycles. The van der Waals surface area contributed by atoms with Gasteiger partial charge in [-0.15, -0.1) is 0 Å². The molecule has 5 nitrogen and oxygen atoms in total. The van der Waals surface area contributed by atoms with Crippen molar-refractivity contribution in [1.82, 2.24) is 10.2 Å². The first-order valence-corrected chi connectivity index (χ1v) is 9.47.